The third-order valence-corrected chi connectivity index (χ3v) is 6.36. The van der Waals surface area contributed by atoms with Crippen LogP contribution in [0.15, 0.2) is 4.99 Å². The summed E-state index contributed by atoms with van der Waals surface area (Å²) < 4.78 is 7.65. The Balaban J connectivity index is 0.00000363. The summed E-state index contributed by atoms with van der Waals surface area (Å²) in [6.45, 7) is 10.8. The number of rotatable bonds is 5. The molecule has 2 saturated heterocycles. The highest BCUT2D eigenvalue weighted by Crippen LogP contribution is 2.36. The van der Waals surface area contributed by atoms with Gasteiger partial charge in [0.15, 0.2) is 5.96 Å². The molecule has 2 atom stereocenters. The van der Waals surface area contributed by atoms with E-state index in [4.69, 9.17) is 4.74 Å². The monoisotopic (exact) mass is 560 g/mol. The molecule has 0 saturated carbocycles. The minimum Gasteiger partial charge on any atom is -0.444 e. The fourth-order valence-electron chi connectivity index (χ4n) is 5.06. The first-order chi connectivity index (χ1) is 14.7. The van der Waals surface area contributed by atoms with Crippen LogP contribution in [0, 0.1) is 0 Å². The van der Waals surface area contributed by atoms with Crippen LogP contribution in [0.25, 0.3) is 0 Å². The molecule has 1 amide bonds. The van der Waals surface area contributed by atoms with Crippen molar-refractivity contribution in [1.82, 2.24) is 25.3 Å². The summed E-state index contributed by atoms with van der Waals surface area (Å²) >= 11 is 0. The molecule has 3 rings (SSSR count). The molecular formula is C23H41IN6O2. The van der Waals surface area contributed by atoms with Crippen LogP contribution >= 0.6 is 24.0 Å². The number of guanidine groups is 1. The third-order valence-electron chi connectivity index (χ3n) is 6.36. The van der Waals surface area contributed by atoms with Crippen molar-refractivity contribution >= 4 is 36.0 Å². The standard InChI is InChI=1S/C23H40N6O2.HI/c1-8-19-18(20(9-2)28(7)27-19)14-25-21(24-6)26-15-12-16-10-11-17(13-15)29(16)22(30)31-23(3,4)5;/h15-17H,8-14H2,1-7H3,(H2,24,25,26);1H. The SMILES string of the molecule is CCc1nn(C)c(CC)c1CNC(=NC)NC1CC2CCC(C1)N2C(=O)OC(C)(C)C.I. The largest absolute Gasteiger partial charge is 0.444 e. The van der Waals surface area contributed by atoms with Gasteiger partial charge in [0.1, 0.15) is 5.60 Å². The molecule has 1 aromatic rings. The van der Waals surface area contributed by atoms with Gasteiger partial charge in [-0.1, -0.05) is 13.8 Å². The van der Waals surface area contributed by atoms with E-state index < -0.39 is 5.60 Å². The zero-order valence-corrected chi connectivity index (χ0v) is 23.0. The van der Waals surface area contributed by atoms with Crippen LogP contribution in [-0.2, 0) is 31.2 Å². The van der Waals surface area contributed by atoms with Crippen molar-refractivity contribution in [3.63, 3.8) is 0 Å². The lowest BCUT2D eigenvalue weighted by Crippen LogP contribution is -2.54. The van der Waals surface area contributed by atoms with Crippen molar-refractivity contribution < 1.29 is 9.53 Å². The maximum Gasteiger partial charge on any atom is 0.410 e. The van der Waals surface area contributed by atoms with Gasteiger partial charge in [0, 0.05) is 50.0 Å². The number of nitrogens with one attached hydrogen (secondary N) is 2. The van der Waals surface area contributed by atoms with Crippen LogP contribution in [-0.4, -0.2) is 57.5 Å². The van der Waals surface area contributed by atoms with Crippen LogP contribution in [0.2, 0.25) is 0 Å². The first kappa shape index (κ1) is 26.7. The summed E-state index contributed by atoms with van der Waals surface area (Å²) in [6.07, 6.45) is 5.64. The van der Waals surface area contributed by atoms with E-state index in [0.717, 1.165) is 50.2 Å². The molecule has 0 aliphatic carbocycles. The minimum absolute atomic E-state index is 0. The highest BCUT2D eigenvalue weighted by atomic mass is 127. The molecule has 2 bridgehead atoms. The lowest BCUT2D eigenvalue weighted by molar-refractivity contribution is 0.00545. The molecule has 2 aliphatic heterocycles. The lowest BCUT2D eigenvalue weighted by atomic mass is 9.98. The Morgan fingerprint density at radius 1 is 1.19 bits per heavy atom. The van der Waals surface area contributed by atoms with Crippen LogP contribution < -0.4 is 10.6 Å². The summed E-state index contributed by atoms with van der Waals surface area (Å²) in [5.74, 6) is 0.808. The number of carbonyl (C=O) groups excluding carboxylic acids is 1. The number of aliphatic imine (C=N–C) groups is 1. The summed E-state index contributed by atoms with van der Waals surface area (Å²) in [6, 6.07) is 0.773. The molecule has 1 aromatic heterocycles. The number of halogens is 1. The van der Waals surface area contributed by atoms with Gasteiger partial charge in [0.05, 0.1) is 5.69 Å². The molecule has 32 heavy (non-hydrogen) atoms. The topological polar surface area (TPSA) is 83.8 Å². The molecule has 0 radical (unpaired) electrons. The summed E-state index contributed by atoms with van der Waals surface area (Å²) in [4.78, 5) is 19.1. The van der Waals surface area contributed by atoms with Gasteiger partial charge in [-0.15, -0.1) is 24.0 Å². The molecule has 2 N–H and O–H groups in total. The average molecular weight is 561 g/mol. The van der Waals surface area contributed by atoms with E-state index in [9.17, 15) is 4.79 Å². The van der Waals surface area contributed by atoms with E-state index in [0.29, 0.717) is 12.6 Å². The van der Waals surface area contributed by atoms with Crippen molar-refractivity contribution in [2.45, 2.75) is 103 Å². The zero-order chi connectivity index (χ0) is 22.8. The fraction of sp³-hybridized carbons (Fsp3) is 0.783. The smallest absolute Gasteiger partial charge is 0.410 e. The van der Waals surface area contributed by atoms with E-state index in [-0.39, 0.29) is 42.2 Å². The number of hydrogen-bond donors (Lipinski definition) is 2. The number of piperidine rings is 1. The maximum absolute atomic E-state index is 12.7. The summed E-state index contributed by atoms with van der Waals surface area (Å²) in [5, 5.41) is 11.8. The van der Waals surface area contributed by atoms with E-state index in [1.165, 1.54) is 11.3 Å². The number of fused-ring (bicyclic) bond motifs is 2. The van der Waals surface area contributed by atoms with Gasteiger partial charge in [-0.2, -0.15) is 5.10 Å². The van der Waals surface area contributed by atoms with Gasteiger partial charge in [-0.3, -0.25) is 9.67 Å². The van der Waals surface area contributed by atoms with Crippen LogP contribution in [0.1, 0.15) is 77.3 Å². The predicted molar refractivity (Wildman–Crippen MR) is 139 cm³/mol. The van der Waals surface area contributed by atoms with Crippen molar-refractivity contribution in [3.8, 4) is 0 Å². The molecule has 8 nitrogen and oxygen atoms in total. The third kappa shape index (κ3) is 6.08. The number of amides is 1. The average Bonchev–Trinajstić information content (AvgIpc) is 3.16. The van der Waals surface area contributed by atoms with Crippen molar-refractivity contribution in [2.24, 2.45) is 12.0 Å². The number of aryl methyl sites for hydroxylation is 2. The quantitative estimate of drug-likeness (QED) is 0.326. The Labute approximate surface area is 209 Å². The molecule has 9 heteroatoms. The van der Waals surface area contributed by atoms with E-state index in [1.807, 2.05) is 44.4 Å². The molecular weight excluding hydrogens is 519 g/mol. The minimum atomic E-state index is -0.460. The maximum atomic E-state index is 12.7. The first-order valence-electron chi connectivity index (χ1n) is 11.7. The lowest BCUT2D eigenvalue weighted by Gasteiger charge is -2.40. The molecule has 182 valence electrons. The number of carbonyl (C=O) groups is 1. The van der Waals surface area contributed by atoms with Gasteiger partial charge in [-0.05, 0) is 59.3 Å². The second-order valence-electron chi connectivity index (χ2n) is 9.71. The Kier molecular flexibility index (Phi) is 9.25. The second-order valence-corrected chi connectivity index (χ2v) is 9.71. The van der Waals surface area contributed by atoms with Gasteiger partial charge >= 0.3 is 6.09 Å². The molecule has 3 heterocycles. The highest BCUT2D eigenvalue weighted by Gasteiger charge is 2.45. The Bertz CT molecular complexity index is 802. The summed E-state index contributed by atoms with van der Waals surface area (Å²) in [7, 11) is 3.83. The predicted octanol–water partition coefficient (Wildman–Crippen LogP) is 3.76. The first-order valence-corrected chi connectivity index (χ1v) is 11.7. The Morgan fingerprint density at radius 2 is 1.81 bits per heavy atom. The van der Waals surface area contributed by atoms with Gasteiger partial charge in [0.2, 0.25) is 0 Å². The van der Waals surface area contributed by atoms with E-state index in [1.54, 1.807) is 0 Å². The van der Waals surface area contributed by atoms with Crippen LogP contribution in [0.3, 0.4) is 0 Å². The molecule has 0 spiro atoms. The number of hydrogen-bond acceptors (Lipinski definition) is 4. The second kappa shape index (κ2) is 11.1. The van der Waals surface area contributed by atoms with Gasteiger partial charge in [0.25, 0.3) is 0 Å². The summed E-state index contributed by atoms with van der Waals surface area (Å²) in [5.41, 5.74) is 3.23. The zero-order valence-electron chi connectivity index (χ0n) is 20.7. The van der Waals surface area contributed by atoms with Gasteiger partial charge < -0.3 is 20.3 Å². The Morgan fingerprint density at radius 3 is 2.31 bits per heavy atom. The number of ether oxygens (including phenoxy) is 1. The van der Waals surface area contributed by atoms with Crippen molar-refractivity contribution in [2.75, 3.05) is 7.05 Å². The molecule has 0 aromatic carbocycles. The Hall–Kier alpha value is -1.52. The highest BCUT2D eigenvalue weighted by molar-refractivity contribution is 14.0. The number of nitrogens with zero attached hydrogens (tertiary/aromatic N) is 4. The molecule has 2 aliphatic rings. The molecule has 2 fully saturated rings. The fourth-order valence-corrected chi connectivity index (χ4v) is 5.06. The van der Waals surface area contributed by atoms with Crippen LogP contribution in [0.5, 0.6) is 0 Å². The van der Waals surface area contributed by atoms with Crippen molar-refractivity contribution in [1.29, 1.82) is 0 Å². The van der Waals surface area contributed by atoms with Gasteiger partial charge in [-0.25, -0.2) is 4.79 Å². The van der Waals surface area contributed by atoms with E-state index >= 15 is 0 Å². The normalized spacial score (nSPS) is 23.0. The number of aromatic nitrogens is 2. The van der Waals surface area contributed by atoms with E-state index in [2.05, 4.69) is 34.6 Å². The molecule has 2 unspecified atom stereocenters. The van der Waals surface area contributed by atoms with Crippen LogP contribution in [0.4, 0.5) is 4.79 Å². The van der Waals surface area contributed by atoms with Crippen molar-refractivity contribution in [3.05, 3.63) is 17.0 Å².